The van der Waals surface area contributed by atoms with Crippen LogP contribution in [-0.4, -0.2) is 15.0 Å². The summed E-state index contributed by atoms with van der Waals surface area (Å²) in [6, 6.07) is 11.2. The average Bonchev–Trinajstić information content (AvgIpc) is 2.57. The van der Waals surface area contributed by atoms with Gasteiger partial charge >= 0.3 is 5.63 Å². The minimum Gasteiger partial charge on any atom is -0.490 e. The Kier molecular flexibility index (Phi) is 4.39. The van der Waals surface area contributed by atoms with Crippen LogP contribution in [0.4, 0.5) is 0 Å². The molecule has 3 rings (SSSR count). The second kappa shape index (κ2) is 6.37. The van der Waals surface area contributed by atoms with E-state index in [1.165, 1.54) is 12.1 Å². The van der Waals surface area contributed by atoms with E-state index in [1.807, 2.05) is 20.8 Å². The molecule has 0 saturated heterocycles. The molecule has 0 radical (unpaired) electrons. The van der Waals surface area contributed by atoms with Crippen LogP contribution in [0.25, 0.3) is 11.0 Å². The lowest BCUT2D eigenvalue weighted by Crippen LogP contribution is -2.14. The number of fused-ring (bicyclic) bond motifs is 1. The summed E-state index contributed by atoms with van der Waals surface area (Å²) in [7, 11) is -3.97. The molecule has 0 fully saturated rings. The van der Waals surface area contributed by atoms with Gasteiger partial charge < -0.3 is 9.15 Å². The standard InChI is InChI=1S/C19H18O5S/c1-4-23-16-7-5-6-14-11-17(19(20)24-18(14)16)25(21,22)15-9-8-12(2)13(3)10-15/h5-11H,4H2,1-3H3. The number of rotatable bonds is 4. The van der Waals surface area contributed by atoms with Crippen molar-refractivity contribution in [3.05, 3.63) is 64.0 Å². The van der Waals surface area contributed by atoms with Crippen molar-refractivity contribution in [1.29, 1.82) is 0 Å². The Morgan fingerprint density at radius 1 is 1.04 bits per heavy atom. The van der Waals surface area contributed by atoms with Crippen LogP contribution < -0.4 is 10.4 Å². The Labute approximate surface area is 145 Å². The van der Waals surface area contributed by atoms with Gasteiger partial charge in [0.2, 0.25) is 9.84 Å². The quantitative estimate of drug-likeness (QED) is 0.666. The summed E-state index contributed by atoms with van der Waals surface area (Å²) in [5, 5.41) is 0.493. The Hall–Kier alpha value is -2.60. The topological polar surface area (TPSA) is 73.6 Å². The highest BCUT2D eigenvalue weighted by molar-refractivity contribution is 7.91. The van der Waals surface area contributed by atoms with Gasteiger partial charge in [-0.3, -0.25) is 0 Å². The summed E-state index contributed by atoms with van der Waals surface area (Å²) >= 11 is 0. The molecule has 0 aliphatic carbocycles. The molecule has 25 heavy (non-hydrogen) atoms. The number of para-hydroxylation sites is 1. The summed E-state index contributed by atoms with van der Waals surface area (Å²) in [5.74, 6) is 0.409. The zero-order valence-electron chi connectivity index (χ0n) is 14.2. The molecule has 1 aromatic heterocycles. The predicted octanol–water partition coefficient (Wildman–Crippen LogP) is 3.64. The molecule has 130 valence electrons. The van der Waals surface area contributed by atoms with Gasteiger partial charge in [-0.15, -0.1) is 0 Å². The highest BCUT2D eigenvalue weighted by atomic mass is 32.2. The lowest BCUT2D eigenvalue weighted by molar-refractivity contribution is 0.336. The highest BCUT2D eigenvalue weighted by Crippen LogP contribution is 2.28. The van der Waals surface area contributed by atoms with E-state index in [0.717, 1.165) is 11.1 Å². The molecule has 0 saturated carbocycles. The largest absolute Gasteiger partial charge is 0.490 e. The van der Waals surface area contributed by atoms with Gasteiger partial charge in [-0.2, -0.15) is 0 Å². The van der Waals surface area contributed by atoms with Crippen LogP contribution in [0.3, 0.4) is 0 Å². The first-order valence-corrected chi connectivity index (χ1v) is 9.35. The van der Waals surface area contributed by atoms with Gasteiger partial charge in [0.1, 0.15) is 0 Å². The molecule has 0 unspecified atom stereocenters. The minimum atomic E-state index is -3.97. The smallest absolute Gasteiger partial charge is 0.355 e. The van der Waals surface area contributed by atoms with Gasteiger partial charge in [0, 0.05) is 5.39 Å². The minimum absolute atomic E-state index is 0.0724. The Balaban J connectivity index is 2.23. The monoisotopic (exact) mass is 358 g/mol. The number of benzene rings is 2. The van der Waals surface area contributed by atoms with Crippen LogP contribution in [0.15, 0.2) is 61.5 Å². The summed E-state index contributed by atoms with van der Waals surface area (Å²) in [5.41, 5.74) is 1.15. The van der Waals surface area contributed by atoms with Crippen molar-refractivity contribution in [2.24, 2.45) is 0 Å². The van der Waals surface area contributed by atoms with Crippen LogP contribution >= 0.6 is 0 Å². The number of ether oxygens (including phenoxy) is 1. The summed E-state index contributed by atoms with van der Waals surface area (Å²) < 4.78 is 36.5. The van der Waals surface area contributed by atoms with Gasteiger partial charge in [-0.25, -0.2) is 13.2 Å². The van der Waals surface area contributed by atoms with E-state index < -0.39 is 15.5 Å². The molecule has 5 nitrogen and oxygen atoms in total. The van der Waals surface area contributed by atoms with Gasteiger partial charge in [0.05, 0.1) is 11.5 Å². The zero-order chi connectivity index (χ0) is 18.2. The molecule has 0 aliphatic rings. The van der Waals surface area contributed by atoms with Crippen molar-refractivity contribution in [3.63, 3.8) is 0 Å². The molecule has 0 aliphatic heterocycles. The van der Waals surface area contributed by atoms with Crippen molar-refractivity contribution < 1.29 is 17.6 Å². The number of aryl methyl sites for hydroxylation is 2. The second-order valence-corrected chi connectivity index (χ2v) is 7.67. The number of sulfone groups is 1. The normalized spacial score (nSPS) is 11.6. The maximum Gasteiger partial charge on any atom is 0.355 e. The van der Waals surface area contributed by atoms with E-state index in [4.69, 9.17) is 9.15 Å². The van der Waals surface area contributed by atoms with E-state index in [-0.39, 0.29) is 15.4 Å². The summed E-state index contributed by atoms with van der Waals surface area (Å²) in [4.78, 5) is 12.1. The van der Waals surface area contributed by atoms with Crippen LogP contribution in [0.5, 0.6) is 5.75 Å². The molecule has 0 N–H and O–H groups in total. The van der Waals surface area contributed by atoms with E-state index in [1.54, 1.807) is 30.3 Å². The predicted molar refractivity (Wildman–Crippen MR) is 95.0 cm³/mol. The molecule has 2 aromatic carbocycles. The third-order valence-corrected chi connectivity index (χ3v) is 5.81. The van der Waals surface area contributed by atoms with Crippen molar-refractivity contribution >= 4 is 20.8 Å². The van der Waals surface area contributed by atoms with Gasteiger partial charge in [0.25, 0.3) is 0 Å². The van der Waals surface area contributed by atoms with Crippen molar-refractivity contribution in [1.82, 2.24) is 0 Å². The third kappa shape index (κ3) is 3.05. The summed E-state index contributed by atoms with van der Waals surface area (Å²) in [6.07, 6.45) is 0. The third-order valence-electron chi connectivity index (χ3n) is 4.07. The van der Waals surface area contributed by atoms with Crippen molar-refractivity contribution in [2.45, 2.75) is 30.6 Å². The highest BCUT2D eigenvalue weighted by Gasteiger charge is 2.24. The van der Waals surface area contributed by atoms with Crippen LogP contribution in [0.1, 0.15) is 18.1 Å². The van der Waals surface area contributed by atoms with Crippen LogP contribution in [0.2, 0.25) is 0 Å². The van der Waals surface area contributed by atoms with Gasteiger partial charge in [-0.1, -0.05) is 18.2 Å². The Bertz CT molecular complexity index is 1110. The van der Waals surface area contributed by atoms with Crippen molar-refractivity contribution in [3.8, 4) is 5.75 Å². The van der Waals surface area contributed by atoms with Crippen molar-refractivity contribution in [2.75, 3.05) is 6.61 Å². The Morgan fingerprint density at radius 2 is 1.80 bits per heavy atom. The first-order valence-electron chi connectivity index (χ1n) is 7.86. The van der Waals surface area contributed by atoms with Crippen LogP contribution in [0, 0.1) is 13.8 Å². The first-order chi connectivity index (χ1) is 11.8. The average molecular weight is 358 g/mol. The fraction of sp³-hybridized carbons (Fsp3) is 0.211. The number of hydrogen-bond acceptors (Lipinski definition) is 5. The summed E-state index contributed by atoms with van der Waals surface area (Å²) in [6.45, 7) is 5.94. The SMILES string of the molecule is CCOc1cccc2cc(S(=O)(=O)c3ccc(C)c(C)c3)c(=O)oc12. The fourth-order valence-electron chi connectivity index (χ4n) is 2.56. The molecular weight excluding hydrogens is 340 g/mol. The van der Waals surface area contributed by atoms with E-state index in [0.29, 0.717) is 17.7 Å². The maximum atomic E-state index is 12.9. The van der Waals surface area contributed by atoms with Gasteiger partial charge in [-0.05, 0) is 56.2 Å². The molecule has 0 amide bonds. The number of hydrogen-bond donors (Lipinski definition) is 0. The maximum absolute atomic E-state index is 12.9. The zero-order valence-corrected chi connectivity index (χ0v) is 15.0. The molecular formula is C19H18O5S. The molecule has 3 aromatic rings. The fourth-order valence-corrected chi connectivity index (χ4v) is 3.94. The van der Waals surface area contributed by atoms with E-state index >= 15 is 0 Å². The molecule has 0 atom stereocenters. The first kappa shape index (κ1) is 17.2. The Morgan fingerprint density at radius 3 is 2.48 bits per heavy atom. The lowest BCUT2D eigenvalue weighted by Gasteiger charge is -2.09. The molecule has 0 bridgehead atoms. The molecule has 6 heteroatoms. The van der Waals surface area contributed by atoms with E-state index in [9.17, 15) is 13.2 Å². The van der Waals surface area contributed by atoms with Crippen LogP contribution in [-0.2, 0) is 9.84 Å². The molecule has 0 spiro atoms. The van der Waals surface area contributed by atoms with Gasteiger partial charge in [0.15, 0.2) is 16.2 Å². The second-order valence-electron chi connectivity index (χ2n) is 5.76. The molecule has 1 heterocycles. The van der Waals surface area contributed by atoms with E-state index in [2.05, 4.69) is 0 Å². The lowest BCUT2D eigenvalue weighted by atomic mass is 10.1.